The van der Waals surface area contributed by atoms with Crippen molar-refractivity contribution < 1.29 is 14.6 Å². The number of hydrogen-bond acceptors (Lipinski definition) is 4. The van der Waals surface area contributed by atoms with E-state index in [0.29, 0.717) is 5.75 Å². The molecule has 18 heavy (non-hydrogen) atoms. The first-order chi connectivity index (χ1) is 8.36. The molecule has 2 rings (SSSR count). The summed E-state index contributed by atoms with van der Waals surface area (Å²) in [5, 5.41) is 9.63. The molecule has 0 bridgehead atoms. The number of rotatable bonds is 3. The summed E-state index contributed by atoms with van der Waals surface area (Å²) in [6.45, 7) is 6.03. The lowest BCUT2D eigenvalue weighted by Crippen LogP contribution is -2.09. The molecule has 5 heteroatoms. The molecule has 0 amide bonds. The molecule has 1 N–H and O–H groups in total. The third-order valence-corrected chi connectivity index (χ3v) is 3.81. The number of ether oxygens (including phenoxy) is 1. The van der Waals surface area contributed by atoms with Gasteiger partial charge in [0.2, 0.25) is 0 Å². The zero-order chi connectivity index (χ0) is 13.3. The van der Waals surface area contributed by atoms with Crippen LogP contribution >= 0.6 is 11.3 Å². The summed E-state index contributed by atoms with van der Waals surface area (Å²) in [5.41, 5.74) is 0.943. The Morgan fingerprint density at radius 3 is 2.78 bits per heavy atom. The van der Waals surface area contributed by atoms with Crippen LogP contribution < -0.4 is 4.74 Å². The van der Waals surface area contributed by atoms with Gasteiger partial charge in [0.25, 0.3) is 0 Å². The van der Waals surface area contributed by atoms with Crippen LogP contribution in [0.3, 0.4) is 0 Å². The first kappa shape index (κ1) is 12.8. The maximum Gasteiger partial charge on any atom is 0.341 e. The molecule has 0 radical (unpaired) electrons. The number of carbonyl (C=O) groups is 1. The van der Waals surface area contributed by atoms with Crippen LogP contribution in [0.4, 0.5) is 0 Å². The normalized spacial score (nSPS) is 11.7. The van der Waals surface area contributed by atoms with E-state index in [1.807, 2.05) is 12.1 Å². The average Bonchev–Trinajstić information content (AvgIpc) is 2.68. The molecule has 0 aliphatic heterocycles. The molecule has 0 fully saturated rings. The predicted octanol–water partition coefficient (Wildman–Crippen LogP) is 3.06. The molecule has 1 aromatic carbocycles. The van der Waals surface area contributed by atoms with E-state index in [-0.39, 0.29) is 12.0 Å². The Balaban J connectivity index is 2.31. The highest BCUT2D eigenvalue weighted by Crippen LogP contribution is 2.32. The third kappa shape index (κ3) is 2.79. The van der Waals surface area contributed by atoms with Gasteiger partial charge in [0.15, 0.2) is 6.61 Å². The number of fused-ring (bicyclic) bond motifs is 1. The fourth-order valence-electron chi connectivity index (χ4n) is 1.46. The van der Waals surface area contributed by atoms with Crippen LogP contribution in [0.25, 0.3) is 10.2 Å². The molecule has 96 valence electrons. The number of aromatic nitrogens is 1. The molecular formula is C13H15NO3S. The molecule has 0 spiro atoms. The van der Waals surface area contributed by atoms with Crippen LogP contribution in [-0.4, -0.2) is 22.7 Å². The highest BCUT2D eigenvalue weighted by Gasteiger charge is 2.18. The molecule has 0 aliphatic rings. The van der Waals surface area contributed by atoms with Crippen molar-refractivity contribution >= 4 is 27.5 Å². The van der Waals surface area contributed by atoms with Crippen molar-refractivity contribution in [1.82, 2.24) is 4.98 Å². The molecule has 1 heterocycles. The van der Waals surface area contributed by atoms with Crippen LogP contribution in [0.1, 0.15) is 25.8 Å². The minimum absolute atomic E-state index is 0.0196. The van der Waals surface area contributed by atoms with Crippen molar-refractivity contribution in [3.63, 3.8) is 0 Å². The Morgan fingerprint density at radius 2 is 2.17 bits per heavy atom. The fraction of sp³-hybridized carbons (Fsp3) is 0.385. The molecule has 0 aliphatic carbocycles. The van der Waals surface area contributed by atoms with Gasteiger partial charge in [-0.3, -0.25) is 0 Å². The Morgan fingerprint density at radius 1 is 1.44 bits per heavy atom. The second-order valence-electron chi connectivity index (χ2n) is 5.08. The number of aliphatic carboxylic acids is 1. The summed E-state index contributed by atoms with van der Waals surface area (Å²) in [5.74, 6) is -0.413. The van der Waals surface area contributed by atoms with Gasteiger partial charge in [-0.05, 0) is 18.2 Å². The summed E-state index contributed by atoms with van der Waals surface area (Å²) in [7, 11) is 0. The van der Waals surface area contributed by atoms with E-state index in [1.165, 1.54) is 0 Å². The topological polar surface area (TPSA) is 59.4 Å². The SMILES string of the molecule is CC(C)(C)c1nc2ccc(OCC(=O)O)cc2s1. The van der Waals surface area contributed by atoms with Crippen molar-refractivity contribution in [2.24, 2.45) is 0 Å². The molecule has 4 nitrogen and oxygen atoms in total. The van der Waals surface area contributed by atoms with Gasteiger partial charge in [-0.25, -0.2) is 9.78 Å². The smallest absolute Gasteiger partial charge is 0.341 e. The highest BCUT2D eigenvalue weighted by molar-refractivity contribution is 7.18. The van der Waals surface area contributed by atoms with Crippen molar-refractivity contribution in [1.29, 1.82) is 0 Å². The van der Waals surface area contributed by atoms with Crippen LogP contribution in [0.5, 0.6) is 5.75 Å². The third-order valence-electron chi connectivity index (χ3n) is 2.36. The molecule has 0 saturated heterocycles. The standard InChI is InChI=1S/C13H15NO3S/c1-13(2,3)12-14-9-5-4-8(6-10(9)18-12)17-7-11(15)16/h4-6H,7H2,1-3H3,(H,15,16). The van der Waals surface area contributed by atoms with Gasteiger partial charge in [-0.15, -0.1) is 11.3 Å². The van der Waals surface area contributed by atoms with Crippen molar-refractivity contribution in [2.45, 2.75) is 26.2 Å². The maximum absolute atomic E-state index is 10.4. The number of carboxylic acids is 1. The molecule has 1 aromatic heterocycles. The van der Waals surface area contributed by atoms with E-state index in [9.17, 15) is 4.79 Å². The Kier molecular flexibility index (Phi) is 3.26. The van der Waals surface area contributed by atoms with E-state index < -0.39 is 5.97 Å². The average molecular weight is 265 g/mol. The Bertz CT molecular complexity index is 583. The molecule has 0 saturated carbocycles. The minimum Gasteiger partial charge on any atom is -0.482 e. The minimum atomic E-state index is -0.977. The monoisotopic (exact) mass is 265 g/mol. The lowest BCUT2D eigenvalue weighted by atomic mass is 9.98. The second kappa shape index (κ2) is 4.57. The highest BCUT2D eigenvalue weighted by atomic mass is 32.1. The van der Waals surface area contributed by atoms with Crippen molar-refractivity contribution in [2.75, 3.05) is 6.61 Å². The summed E-state index contributed by atoms with van der Waals surface area (Å²) in [4.78, 5) is 15.0. The van der Waals surface area contributed by atoms with Gasteiger partial charge in [-0.1, -0.05) is 20.8 Å². The Hall–Kier alpha value is -1.62. The van der Waals surface area contributed by atoms with E-state index in [1.54, 1.807) is 17.4 Å². The van der Waals surface area contributed by atoms with E-state index in [0.717, 1.165) is 15.2 Å². The first-order valence-electron chi connectivity index (χ1n) is 5.62. The summed E-state index contributed by atoms with van der Waals surface area (Å²) in [6, 6.07) is 5.45. The van der Waals surface area contributed by atoms with Gasteiger partial charge in [0.05, 0.1) is 15.2 Å². The number of thiazole rings is 1. The maximum atomic E-state index is 10.4. The van der Waals surface area contributed by atoms with Gasteiger partial charge in [-0.2, -0.15) is 0 Å². The van der Waals surface area contributed by atoms with Crippen LogP contribution in [-0.2, 0) is 10.2 Å². The summed E-state index contributed by atoms with van der Waals surface area (Å²) < 4.78 is 6.17. The van der Waals surface area contributed by atoms with Crippen LogP contribution in [0, 0.1) is 0 Å². The van der Waals surface area contributed by atoms with Gasteiger partial charge < -0.3 is 9.84 Å². The van der Waals surface area contributed by atoms with Crippen LogP contribution in [0.2, 0.25) is 0 Å². The summed E-state index contributed by atoms with van der Waals surface area (Å²) in [6.07, 6.45) is 0. The Labute approximate surface area is 109 Å². The lowest BCUT2D eigenvalue weighted by molar-refractivity contribution is -0.139. The number of nitrogens with zero attached hydrogens (tertiary/aromatic N) is 1. The lowest BCUT2D eigenvalue weighted by Gasteiger charge is -2.13. The van der Waals surface area contributed by atoms with Crippen molar-refractivity contribution in [3.8, 4) is 5.75 Å². The number of benzene rings is 1. The summed E-state index contributed by atoms with van der Waals surface area (Å²) >= 11 is 1.61. The van der Waals surface area contributed by atoms with E-state index in [2.05, 4.69) is 25.8 Å². The largest absolute Gasteiger partial charge is 0.482 e. The second-order valence-corrected chi connectivity index (χ2v) is 6.11. The number of carboxylic acid groups (broad SMARTS) is 1. The quantitative estimate of drug-likeness (QED) is 0.926. The zero-order valence-corrected chi connectivity index (χ0v) is 11.4. The predicted molar refractivity (Wildman–Crippen MR) is 71.5 cm³/mol. The first-order valence-corrected chi connectivity index (χ1v) is 6.43. The van der Waals surface area contributed by atoms with Gasteiger partial charge in [0, 0.05) is 5.41 Å². The number of hydrogen-bond donors (Lipinski definition) is 1. The van der Waals surface area contributed by atoms with Gasteiger partial charge >= 0.3 is 5.97 Å². The van der Waals surface area contributed by atoms with E-state index in [4.69, 9.17) is 9.84 Å². The molecule has 0 atom stereocenters. The molecule has 0 unspecified atom stereocenters. The zero-order valence-electron chi connectivity index (χ0n) is 10.6. The fourth-order valence-corrected chi connectivity index (χ4v) is 2.51. The van der Waals surface area contributed by atoms with E-state index >= 15 is 0 Å². The molecule has 2 aromatic rings. The van der Waals surface area contributed by atoms with Crippen LogP contribution in [0.15, 0.2) is 18.2 Å². The van der Waals surface area contributed by atoms with Gasteiger partial charge in [0.1, 0.15) is 5.75 Å². The van der Waals surface area contributed by atoms with Crippen molar-refractivity contribution in [3.05, 3.63) is 23.2 Å². The molecular weight excluding hydrogens is 250 g/mol.